The first-order chi connectivity index (χ1) is 15.8. The Hall–Kier alpha value is -2.92. The number of nitrogen functional groups attached to an aromatic ring is 1. The minimum absolute atomic E-state index is 0.256. The second-order valence-electron chi connectivity index (χ2n) is 8.04. The molecule has 2 aromatic carbocycles. The standard InChI is InChI=1S/C22H27ClN6O4/c1-22(21(31-3)32-4)20(30)18(15-6-5-7-16(24)19(15)33-22)29(12-17-25-27-28(2)26-17)14-10-8-13(23)9-11-14/h5-11,18,20-21,30H,12,24H2,1-4H3/t18-,20+,22-/m1/s1. The fourth-order valence-electron chi connectivity index (χ4n) is 4.30. The summed E-state index contributed by atoms with van der Waals surface area (Å²) in [5.74, 6) is 0.939. The van der Waals surface area contributed by atoms with Crippen LogP contribution in [0.5, 0.6) is 5.75 Å². The molecule has 1 aliphatic heterocycles. The molecule has 0 unspecified atom stereocenters. The summed E-state index contributed by atoms with van der Waals surface area (Å²) in [7, 11) is 4.69. The molecule has 0 fully saturated rings. The normalized spacial score (nSPS) is 22.2. The molecular weight excluding hydrogens is 448 g/mol. The Labute approximate surface area is 196 Å². The number of nitrogens with zero attached hydrogens (tertiary/aromatic N) is 5. The predicted molar refractivity (Wildman–Crippen MR) is 123 cm³/mol. The minimum Gasteiger partial charge on any atom is -0.477 e. The van der Waals surface area contributed by atoms with E-state index >= 15 is 0 Å². The molecule has 1 aromatic heterocycles. The zero-order valence-electron chi connectivity index (χ0n) is 18.8. The molecule has 0 aliphatic carbocycles. The van der Waals surface area contributed by atoms with Crippen molar-refractivity contribution in [3.05, 3.63) is 58.9 Å². The summed E-state index contributed by atoms with van der Waals surface area (Å²) >= 11 is 6.15. The zero-order chi connectivity index (χ0) is 23.8. The molecule has 2 heterocycles. The van der Waals surface area contributed by atoms with Crippen LogP contribution in [-0.4, -0.2) is 57.5 Å². The Balaban J connectivity index is 1.89. The second kappa shape index (κ2) is 9.14. The van der Waals surface area contributed by atoms with Crippen LogP contribution in [0.25, 0.3) is 0 Å². The Morgan fingerprint density at radius 2 is 1.94 bits per heavy atom. The van der Waals surface area contributed by atoms with Gasteiger partial charge in [-0.3, -0.25) is 0 Å². The Bertz CT molecular complexity index is 1110. The van der Waals surface area contributed by atoms with Crippen molar-refractivity contribution in [2.45, 2.75) is 37.5 Å². The lowest BCUT2D eigenvalue weighted by atomic mass is 9.83. The molecule has 11 heteroatoms. The summed E-state index contributed by atoms with van der Waals surface area (Å²) in [6.07, 6.45) is -1.96. The highest BCUT2D eigenvalue weighted by atomic mass is 35.5. The van der Waals surface area contributed by atoms with Crippen LogP contribution in [0.1, 0.15) is 24.4 Å². The number of hydrogen-bond donors (Lipinski definition) is 2. The van der Waals surface area contributed by atoms with Crippen LogP contribution >= 0.6 is 11.6 Å². The van der Waals surface area contributed by atoms with Crippen LogP contribution in [0.3, 0.4) is 0 Å². The van der Waals surface area contributed by atoms with E-state index in [-0.39, 0.29) is 6.54 Å². The monoisotopic (exact) mass is 474 g/mol. The summed E-state index contributed by atoms with van der Waals surface area (Å²) in [5.41, 5.74) is 6.97. The van der Waals surface area contributed by atoms with E-state index in [4.69, 9.17) is 31.5 Å². The number of aliphatic hydroxyl groups is 1. The Morgan fingerprint density at radius 3 is 2.55 bits per heavy atom. The summed E-state index contributed by atoms with van der Waals surface area (Å²) in [6.45, 7) is 1.99. The fraction of sp³-hybridized carbons (Fsp3) is 0.409. The van der Waals surface area contributed by atoms with Crippen molar-refractivity contribution in [2.75, 3.05) is 24.9 Å². The topological polar surface area (TPSA) is 121 Å². The van der Waals surface area contributed by atoms with E-state index in [1.807, 2.05) is 29.2 Å². The van der Waals surface area contributed by atoms with Gasteiger partial charge in [-0.1, -0.05) is 23.7 Å². The summed E-state index contributed by atoms with van der Waals surface area (Å²) in [5, 5.41) is 24.8. The number of nitrogens with two attached hydrogens (primary N) is 1. The van der Waals surface area contributed by atoms with Crippen molar-refractivity contribution in [1.82, 2.24) is 20.2 Å². The highest BCUT2D eigenvalue weighted by molar-refractivity contribution is 6.30. The molecule has 0 amide bonds. The first-order valence-corrected chi connectivity index (χ1v) is 10.7. The van der Waals surface area contributed by atoms with Gasteiger partial charge in [0.25, 0.3) is 0 Å². The second-order valence-corrected chi connectivity index (χ2v) is 8.48. The highest BCUT2D eigenvalue weighted by Gasteiger charge is 2.54. The maximum absolute atomic E-state index is 11.8. The molecule has 10 nitrogen and oxygen atoms in total. The summed E-state index contributed by atoms with van der Waals surface area (Å²) < 4.78 is 17.3. The van der Waals surface area contributed by atoms with Crippen molar-refractivity contribution in [1.29, 1.82) is 0 Å². The number of aromatic nitrogens is 4. The molecule has 3 atom stereocenters. The van der Waals surface area contributed by atoms with E-state index in [0.717, 1.165) is 5.69 Å². The van der Waals surface area contributed by atoms with Gasteiger partial charge in [0.2, 0.25) is 0 Å². The molecule has 4 rings (SSSR count). The number of fused-ring (bicyclic) bond motifs is 1. The van der Waals surface area contributed by atoms with Gasteiger partial charge in [-0.15, -0.1) is 10.2 Å². The Morgan fingerprint density at radius 1 is 1.24 bits per heavy atom. The maximum Gasteiger partial charge on any atom is 0.199 e. The van der Waals surface area contributed by atoms with Crippen LogP contribution in [0.2, 0.25) is 5.02 Å². The van der Waals surface area contributed by atoms with Gasteiger partial charge >= 0.3 is 0 Å². The molecule has 0 bridgehead atoms. The SMILES string of the molecule is COC(OC)[C@]1(C)Oc2c(N)cccc2[C@@H](N(Cc2nnn(C)n2)c2ccc(Cl)cc2)[C@@H]1O. The van der Waals surface area contributed by atoms with Crippen LogP contribution in [0.15, 0.2) is 42.5 Å². The molecule has 33 heavy (non-hydrogen) atoms. The van der Waals surface area contributed by atoms with Crippen molar-refractivity contribution in [3.63, 3.8) is 0 Å². The third-order valence-electron chi connectivity index (χ3n) is 5.85. The average molecular weight is 475 g/mol. The van der Waals surface area contributed by atoms with E-state index in [9.17, 15) is 5.11 Å². The van der Waals surface area contributed by atoms with Crippen molar-refractivity contribution in [2.24, 2.45) is 7.05 Å². The third kappa shape index (κ3) is 4.22. The smallest absolute Gasteiger partial charge is 0.199 e. The van der Waals surface area contributed by atoms with Gasteiger partial charge in [0, 0.05) is 30.5 Å². The van der Waals surface area contributed by atoms with E-state index in [1.54, 1.807) is 32.2 Å². The number of hydrogen-bond acceptors (Lipinski definition) is 9. The number of aliphatic hydroxyl groups excluding tert-OH is 1. The van der Waals surface area contributed by atoms with Gasteiger partial charge in [-0.2, -0.15) is 4.80 Å². The molecule has 0 spiro atoms. The number of rotatable bonds is 7. The van der Waals surface area contributed by atoms with Gasteiger partial charge in [-0.25, -0.2) is 0 Å². The van der Waals surface area contributed by atoms with Gasteiger partial charge in [-0.05, 0) is 42.5 Å². The zero-order valence-corrected chi connectivity index (χ0v) is 19.6. The number of anilines is 2. The molecule has 0 saturated carbocycles. The number of methoxy groups -OCH3 is 2. The molecule has 0 saturated heterocycles. The van der Waals surface area contributed by atoms with E-state index in [2.05, 4.69) is 15.4 Å². The first-order valence-electron chi connectivity index (χ1n) is 10.3. The molecule has 176 valence electrons. The minimum atomic E-state index is -1.28. The summed E-state index contributed by atoms with van der Waals surface area (Å²) in [4.78, 5) is 3.36. The van der Waals surface area contributed by atoms with E-state index in [1.165, 1.54) is 19.0 Å². The van der Waals surface area contributed by atoms with Crippen molar-refractivity contribution >= 4 is 23.0 Å². The number of para-hydroxylation sites is 1. The molecule has 0 radical (unpaired) electrons. The number of halogens is 1. The van der Waals surface area contributed by atoms with E-state index < -0.39 is 24.0 Å². The number of tetrazole rings is 1. The lowest BCUT2D eigenvalue weighted by Crippen LogP contribution is -2.62. The molecule has 1 aliphatic rings. The van der Waals surface area contributed by atoms with Crippen LogP contribution in [0.4, 0.5) is 11.4 Å². The van der Waals surface area contributed by atoms with Crippen LogP contribution in [-0.2, 0) is 23.1 Å². The van der Waals surface area contributed by atoms with Gasteiger partial charge < -0.3 is 30.0 Å². The fourth-order valence-corrected chi connectivity index (χ4v) is 4.43. The quantitative estimate of drug-likeness (QED) is 0.392. The van der Waals surface area contributed by atoms with Crippen molar-refractivity contribution < 1.29 is 19.3 Å². The van der Waals surface area contributed by atoms with Crippen LogP contribution < -0.4 is 15.4 Å². The van der Waals surface area contributed by atoms with Gasteiger partial charge in [0.05, 0.1) is 25.3 Å². The number of aryl methyl sites for hydroxylation is 1. The van der Waals surface area contributed by atoms with E-state index in [0.29, 0.717) is 27.8 Å². The molecule has 3 aromatic rings. The Kier molecular flexibility index (Phi) is 6.44. The maximum atomic E-state index is 11.8. The predicted octanol–water partition coefficient (Wildman–Crippen LogP) is 2.32. The van der Waals surface area contributed by atoms with Gasteiger partial charge in [0.1, 0.15) is 11.9 Å². The third-order valence-corrected chi connectivity index (χ3v) is 6.11. The summed E-state index contributed by atoms with van der Waals surface area (Å²) in [6, 6.07) is 12.1. The molecular formula is C22H27ClN6O4. The number of ether oxygens (including phenoxy) is 3. The van der Waals surface area contributed by atoms with Crippen molar-refractivity contribution in [3.8, 4) is 5.75 Å². The highest BCUT2D eigenvalue weighted by Crippen LogP contribution is 2.48. The first kappa shape index (κ1) is 23.2. The largest absolute Gasteiger partial charge is 0.477 e. The van der Waals surface area contributed by atoms with Gasteiger partial charge in [0.15, 0.2) is 17.7 Å². The lowest BCUT2D eigenvalue weighted by Gasteiger charge is -2.50. The van der Waals surface area contributed by atoms with Crippen LogP contribution in [0, 0.1) is 0 Å². The average Bonchev–Trinajstić information content (AvgIpc) is 3.20. The lowest BCUT2D eigenvalue weighted by molar-refractivity contribution is -0.237. The molecule has 3 N–H and O–H groups in total. The number of benzene rings is 2.